The summed E-state index contributed by atoms with van der Waals surface area (Å²) in [6, 6.07) is 15.1. The highest BCUT2D eigenvalue weighted by molar-refractivity contribution is 6.04. The number of alkyl halides is 3. The van der Waals surface area contributed by atoms with Crippen LogP contribution < -0.4 is 15.4 Å². The normalized spacial score (nSPS) is 11.1. The minimum Gasteiger partial charge on any atom is -0.494 e. The van der Waals surface area contributed by atoms with Crippen molar-refractivity contribution in [3.63, 3.8) is 0 Å². The van der Waals surface area contributed by atoms with Gasteiger partial charge in [0.1, 0.15) is 11.6 Å². The number of carbonyl (C=O) groups is 2. The maximum Gasteiger partial charge on any atom is 0.418 e. The number of carbonyl (C=O) groups excluding carboxylic acids is 2. The van der Waals surface area contributed by atoms with Crippen LogP contribution in [0.3, 0.4) is 0 Å². The lowest BCUT2D eigenvalue weighted by molar-refractivity contribution is -0.136. The monoisotopic (exact) mass is 474 g/mol. The van der Waals surface area contributed by atoms with E-state index in [9.17, 15) is 27.2 Å². The standard InChI is InChI=1S/C25H22F4N2O3/c1-2-34-18-11-7-16(8-12-18)9-14-23(32)31-22-13-10-17(15-20(22)25(27,28)29)30-24(33)19-5-3-4-6-21(19)26/h3-8,10-13,15H,2,9,14H2,1H3,(H,30,33)(H,31,32). The highest BCUT2D eigenvalue weighted by atomic mass is 19.4. The maximum absolute atomic E-state index is 13.8. The topological polar surface area (TPSA) is 67.4 Å². The van der Waals surface area contributed by atoms with Crippen LogP contribution >= 0.6 is 0 Å². The zero-order valence-electron chi connectivity index (χ0n) is 18.2. The average molecular weight is 474 g/mol. The SMILES string of the molecule is CCOc1ccc(CCC(=O)Nc2ccc(NC(=O)c3ccccc3F)cc2C(F)(F)F)cc1. The van der Waals surface area contributed by atoms with Gasteiger partial charge in [-0.05, 0) is 61.4 Å². The molecule has 9 heteroatoms. The van der Waals surface area contributed by atoms with Crippen molar-refractivity contribution in [3.8, 4) is 5.75 Å². The first-order valence-corrected chi connectivity index (χ1v) is 10.5. The molecular formula is C25H22F4N2O3. The van der Waals surface area contributed by atoms with Crippen LogP contribution in [0.4, 0.5) is 28.9 Å². The van der Waals surface area contributed by atoms with Gasteiger partial charge >= 0.3 is 6.18 Å². The average Bonchev–Trinajstić information content (AvgIpc) is 2.79. The number of rotatable bonds is 8. The number of hydrogen-bond acceptors (Lipinski definition) is 3. The summed E-state index contributed by atoms with van der Waals surface area (Å²) in [5.41, 5.74) is -1.22. The van der Waals surface area contributed by atoms with Crippen molar-refractivity contribution in [2.75, 3.05) is 17.2 Å². The van der Waals surface area contributed by atoms with E-state index in [2.05, 4.69) is 10.6 Å². The van der Waals surface area contributed by atoms with E-state index in [0.29, 0.717) is 24.8 Å². The Balaban J connectivity index is 1.69. The summed E-state index contributed by atoms with van der Waals surface area (Å²) in [7, 11) is 0. The molecule has 0 saturated heterocycles. The fourth-order valence-corrected chi connectivity index (χ4v) is 3.20. The van der Waals surface area contributed by atoms with Gasteiger partial charge in [0.25, 0.3) is 5.91 Å². The maximum atomic E-state index is 13.8. The Morgan fingerprint density at radius 3 is 2.29 bits per heavy atom. The summed E-state index contributed by atoms with van der Waals surface area (Å²) in [4.78, 5) is 24.5. The quantitative estimate of drug-likeness (QED) is 0.390. The molecule has 0 saturated carbocycles. The third kappa shape index (κ3) is 6.57. The molecular weight excluding hydrogens is 452 g/mol. The first kappa shape index (κ1) is 24.8. The molecule has 0 aliphatic rings. The van der Waals surface area contributed by atoms with Gasteiger partial charge in [0, 0.05) is 12.1 Å². The Morgan fingerprint density at radius 2 is 1.65 bits per heavy atom. The molecule has 2 N–H and O–H groups in total. The van der Waals surface area contributed by atoms with Crippen LogP contribution in [0.5, 0.6) is 5.75 Å². The highest BCUT2D eigenvalue weighted by Gasteiger charge is 2.34. The molecule has 0 aliphatic heterocycles. The number of aryl methyl sites for hydroxylation is 1. The van der Waals surface area contributed by atoms with Gasteiger partial charge in [-0.1, -0.05) is 24.3 Å². The van der Waals surface area contributed by atoms with E-state index < -0.39 is 35.1 Å². The van der Waals surface area contributed by atoms with Crippen molar-refractivity contribution in [1.29, 1.82) is 0 Å². The summed E-state index contributed by atoms with van der Waals surface area (Å²) in [5.74, 6) is -1.60. The van der Waals surface area contributed by atoms with Gasteiger partial charge in [-0.25, -0.2) is 4.39 Å². The summed E-state index contributed by atoms with van der Waals surface area (Å²) < 4.78 is 60.0. The predicted octanol–water partition coefficient (Wildman–Crippen LogP) is 6.07. The fourth-order valence-electron chi connectivity index (χ4n) is 3.20. The third-order valence-electron chi connectivity index (χ3n) is 4.85. The summed E-state index contributed by atoms with van der Waals surface area (Å²) in [6.07, 6.45) is -4.50. The molecule has 0 aliphatic carbocycles. The minimum absolute atomic E-state index is 0.0307. The zero-order chi connectivity index (χ0) is 24.7. The molecule has 0 spiro atoms. The second-order valence-electron chi connectivity index (χ2n) is 7.32. The van der Waals surface area contributed by atoms with Crippen LogP contribution in [0.1, 0.15) is 34.8 Å². The Bertz CT molecular complexity index is 1160. The van der Waals surface area contributed by atoms with E-state index in [1.165, 1.54) is 24.3 Å². The summed E-state index contributed by atoms with van der Waals surface area (Å²) in [5, 5.41) is 4.53. The van der Waals surface area contributed by atoms with Gasteiger partial charge in [0.05, 0.1) is 23.4 Å². The minimum atomic E-state index is -4.80. The van der Waals surface area contributed by atoms with E-state index in [1.807, 2.05) is 6.92 Å². The predicted molar refractivity (Wildman–Crippen MR) is 120 cm³/mol. The van der Waals surface area contributed by atoms with Crippen molar-refractivity contribution in [2.45, 2.75) is 25.9 Å². The van der Waals surface area contributed by atoms with Gasteiger partial charge in [-0.3, -0.25) is 9.59 Å². The Hall–Kier alpha value is -3.88. The van der Waals surface area contributed by atoms with E-state index in [4.69, 9.17) is 4.74 Å². The molecule has 5 nitrogen and oxygen atoms in total. The van der Waals surface area contributed by atoms with Crippen LogP contribution in [-0.4, -0.2) is 18.4 Å². The second-order valence-corrected chi connectivity index (χ2v) is 7.32. The van der Waals surface area contributed by atoms with Crippen LogP contribution in [0.2, 0.25) is 0 Å². The van der Waals surface area contributed by atoms with Crippen LogP contribution in [0.15, 0.2) is 66.7 Å². The molecule has 0 atom stereocenters. The summed E-state index contributed by atoms with van der Waals surface area (Å²) in [6.45, 7) is 2.38. The number of hydrogen-bond donors (Lipinski definition) is 2. The Labute approximate surface area is 193 Å². The Kier molecular flexibility index (Phi) is 7.88. The molecule has 34 heavy (non-hydrogen) atoms. The Morgan fingerprint density at radius 1 is 0.941 bits per heavy atom. The van der Waals surface area contributed by atoms with Crippen LogP contribution in [0.25, 0.3) is 0 Å². The third-order valence-corrected chi connectivity index (χ3v) is 4.85. The lowest BCUT2D eigenvalue weighted by atomic mass is 10.1. The van der Waals surface area contributed by atoms with Gasteiger partial charge in [-0.15, -0.1) is 0 Å². The van der Waals surface area contributed by atoms with Crippen molar-refractivity contribution in [3.05, 3.63) is 89.2 Å². The zero-order valence-corrected chi connectivity index (χ0v) is 18.2. The molecule has 0 bridgehead atoms. The first-order valence-electron chi connectivity index (χ1n) is 10.5. The molecule has 0 aromatic heterocycles. The molecule has 0 fully saturated rings. The fraction of sp³-hybridized carbons (Fsp3) is 0.200. The lowest BCUT2D eigenvalue weighted by Crippen LogP contribution is -2.18. The van der Waals surface area contributed by atoms with Crippen molar-refractivity contribution < 1.29 is 31.9 Å². The number of benzene rings is 3. The summed E-state index contributed by atoms with van der Waals surface area (Å²) >= 11 is 0. The molecule has 178 valence electrons. The number of anilines is 2. The van der Waals surface area contributed by atoms with E-state index in [0.717, 1.165) is 17.7 Å². The smallest absolute Gasteiger partial charge is 0.418 e. The van der Waals surface area contributed by atoms with Gasteiger partial charge in [0.15, 0.2) is 0 Å². The number of halogens is 4. The first-order chi connectivity index (χ1) is 16.2. The largest absolute Gasteiger partial charge is 0.494 e. The van der Waals surface area contributed by atoms with Crippen molar-refractivity contribution >= 4 is 23.2 Å². The van der Waals surface area contributed by atoms with Gasteiger partial charge in [-0.2, -0.15) is 13.2 Å². The molecule has 2 amide bonds. The highest BCUT2D eigenvalue weighted by Crippen LogP contribution is 2.37. The van der Waals surface area contributed by atoms with Crippen LogP contribution in [-0.2, 0) is 17.4 Å². The molecule has 3 aromatic rings. The van der Waals surface area contributed by atoms with Crippen LogP contribution in [0, 0.1) is 5.82 Å². The van der Waals surface area contributed by atoms with Gasteiger partial charge in [0.2, 0.25) is 5.91 Å². The molecule has 3 rings (SSSR count). The van der Waals surface area contributed by atoms with E-state index >= 15 is 0 Å². The molecule has 0 unspecified atom stereocenters. The molecule has 0 radical (unpaired) electrons. The van der Waals surface area contributed by atoms with Crippen molar-refractivity contribution in [2.24, 2.45) is 0 Å². The number of amides is 2. The number of ether oxygens (including phenoxy) is 1. The molecule has 3 aromatic carbocycles. The van der Waals surface area contributed by atoms with Crippen molar-refractivity contribution in [1.82, 2.24) is 0 Å². The number of nitrogens with one attached hydrogen (secondary N) is 2. The second kappa shape index (κ2) is 10.8. The van der Waals surface area contributed by atoms with Gasteiger partial charge < -0.3 is 15.4 Å². The van der Waals surface area contributed by atoms with E-state index in [1.54, 1.807) is 24.3 Å². The van der Waals surface area contributed by atoms with E-state index in [-0.39, 0.29) is 17.7 Å². The lowest BCUT2D eigenvalue weighted by Gasteiger charge is -2.16. The molecule has 0 heterocycles.